The largest absolute Gasteiger partial charge is 0.348 e. The van der Waals surface area contributed by atoms with Gasteiger partial charge < -0.3 is 10.6 Å². The Kier molecular flexibility index (Phi) is 4.14. The molecule has 6 nitrogen and oxygen atoms in total. The molecule has 124 valence electrons. The molecule has 0 unspecified atom stereocenters. The highest BCUT2D eigenvalue weighted by Crippen LogP contribution is 2.38. The SMILES string of the molecule is C[C@@H]1C[C@@H]1C(=O)Nc1ccc(C(=O)N[C@@H]2CCS(=O)(=O)C2)cc1. The summed E-state index contributed by atoms with van der Waals surface area (Å²) >= 11 is 0. The number of anilines is 1. The number of carbonyl (C=O) groups is 2. The molecule has 2 fully saturated rings. The van der Waals surface area contributed by atoms with Crippen molar-refractivity contribution < 1.29 is 18.0 Å². The van der Waals surface area contributed by atoms with E-state index in [4.69, 9.17) is 0 Å². The van der Waals surface area contributed by atoms with E-state index in [1.54, 1.807) is 24.3 Å². The fourth-order valence-corrected chi connectivity index (χ4v) is 4.48. The van der Waals surface area contributed by atoms with Crippen molar-refractivity contribution in [1.29, 1.82) is 0 Å². The molecule has 1 saturated carbocycles. The average Bonchev–Trinajstić information content (AvgIpc) is 3.13. The summed E-state index contributed by atoms with van der Waals surface area (Å²) in [6, 6.07) is 6.31. The highest BCUT2D eigenvalue weighted by molar-refractivity contribution is 7.91. The third-order valence-corrected chi connectivity index (χ3v) is 6.20. The summed E-state index contributed by atoms with van der Waals surface area (Å²) in [4.78, 5) is 24.0. The first-order chi connectivity index (χ1) is 10.8. The summed E-state index contributed by atoms with van der Waals surface area (Å²) in [7, 11) is -3.01. The maximum atomic E-state index is 12.1. The molecule has 1 aromatic carbocycles. The first-order valence-corrected chi connectivity index (χ1v) is 9.58. The van der Waals surface area contributed by atoms with Gasteiger partial charge in [-0.05, 0) is 43.0 Å². The zero-order valence-electron chi connectivity index (χ0n) is 12.9. The molecule has 2 aliphatic rings. The maximum absolute atomic E-state index is 12.1. The van der Waals surface area contributed by atoms with Crippen molar-refractivity contribution in [3.8, 4) is 0 Å². The fourth-order valence-electron chi connectivity index (χ4n) is 2.80. The lowest BCUT2D eigenvalue weighted by Gasteiger charge is -2.11. The van der Waals surface area contributed by atoms with Gasteiger partial charge >= 0.3 is 0 Å². The van der Waals surface area contributed by atoms with E-state index in [-0.39, 0.29) is 35.3 Å². The standard InChI is InChI=1S/C16H20N2O4S/c1-10-8-14(10)16(20)17-12-4-2-11(3-5-12)15(19)18-13-6-7-23(21,22)9-13/h2-5,10,13-14H,6-9H2,1H3,(H,17,20)(H,18,19)/t10-,13-,14+/m1/s1. The normalized spacial score (nSPS) is 28.1. The Morgan fingerprint density at radius 1 is 1.17 bits per heavy atom. The number of nitrogens with one attached hydrogen (secondary N) is 2. The number of hydrogen-bond donors (Lipinski definition) is 2. The van der Waals surface area contributed by atoms with Gasteiger partial charge in [0, 0.05) is 23.2 Å². The van der Waals surface area contributed by atoms with Crippen LogP contribution in [-0.4, -0.2) is 37.8 Å². The third kappa shape index (κ3) is 3.90. The molecule has 2 N–H and O–H groups in total. The molecule has 0 bridgehead atoms. The third-order valence-electron chi connectivity index (χ3n) is 4.43. The van der Waals surface area contributed by atoms with Crippen LogP contribution in [0.5, 0.6) is 0 Å². The molecule has 1 saturated heterocycles. The Labute approximate surface area is 135 Å². The van der Waals surface area contributed by atoms with Gasteiger partial charge in [0.1, 0.15) is 0 Å². The van der Waals surface area contributed by atoms with Gasteiger partial charge in [-0.25, -0.2) is 8.42 Å². The molecule has 7 heteroatoms. The lowest BCUT2D eigenvalue weighted by atomic mass is 10.1. The van der Waals surface area contributed by atoms with Crippen LogP contribution in [0.3, 0.4) is 0 Å². The Balaban J connectivity index is 1.56. The van der Waals surface area contributed by atoms with Crippen molar-refractivity contribution in [2.45, 2.75) is 25.8 Å². The van der Waals surface area contributed by atoms with Crippen molar-refractivity contribution >= 4 is 27.3 Å². The number of hydrogen-bond acceptors (Lipinski definition) is 4. The number of amides is 2. The minimum atomic E-state index is -3.01. The summed E-state index contributed by atoms with van der Waals surface area (Å²) in [6.45, 7) is 2.04. The van der Waals surface area contributed by atoms with Crippen LogP contribution < -0.4 is 10.6 Å². The van der Waals surface area contributed by atoms with Gasteiger partial charge in [0.15, 0.2) is 9.84 Å². The zero-order chi connectivity index (χ0) is 16.6. The van der Waals surface area contributed by atoms with E-state index in [1.165, 1.54) is 0 Å². The smallest absolute Gasteiger partial charge is 0.251 e. The Bertz CT molecular complexity index is 727. The Morgan fingerprint density at radius 2 is 1.83 bits per heavy atom. The second-order valence-corrected chi connectivity index (χ2v) is 8.69. The van der Waals surface area contributed by atoms with Crippen LogP contribution in [-0.2, 0) is 14.6 Å². The molecule has 23 heavy (non-hydrogen) atoms. The molecule has 0 radical (unpaired) electrons. The van der Waals surface area contributed by atoms with Crippen molar-refractivity contribution in [1.82, 2.24) is 5.32 Å². The van der Waals surface area contributed by atoms with Crippen molar-refractivity contribution in [3.63, 3.8) is 0 Å². The molecule has 1 aromatic rings. The molecule has 1 aliphatic heterocycles. The van der Waals surface area contributed by atoms with Crippen molar-refractivity contribution in [2.75, 3.05) is 16.8 Å². The Hall–Kier alpha value is -1.89. The lowest BCUT2D eigenvalue weighted by Crippen LogP contribution is -2.35. The van der Waals surface area contributed by atoms with Crippen LogP contribution in [0.15, 0.2) is 24.3 Å². The zero-order valence-corrected chi connectivity index (χ0v) is 13.7. The quantitative estimate of drug-likeness (QED) is 0.864. The van der Waals surface area contributed by atoms with Crippen LogP contribution in [0.2, 0.25) is 0 Å². The van der Waals surface area contributed by atoms with Crippen LogP contribution in [0.1, 0.15) is 30.1 Å². The van der Waals surface area contributed by atoms with Gasteiger partial charge in [0.2, 0.25) is 5.91 Å². The lowest BCUT2D eigenvalue weighted by molar-refractivity contribution is -0.117. The van der Waals surface area contributed by atoms with Crippen LogP contribution in [0.4, 0.5) is 5.69 Å². The second kappa shape index (κ2) is 5.96. The first kappa shape index (κ1) is 16.0. The summed E-state index contributed by atoms with van der Waals surface area (Å²) < 4.78 is 22.8. The summed E-state index contributed by atoms with van der Waals surface area (Å²) in [5.41, 5.74) is 1.11. The predicted molar refractivity (Wildman–Crippen MR) is 86.9 cm³/mol. The van der Waals surface area contributed by atoms with Crippen LogP contribution >= 0.6 is 0 Å². The van der Waals surface area contributed by atoms with Crippen LogP contribution in [0.25, 0.3) is 0 Å². The van der Waals surface area contributed by atoms with E-state index in [9.17, 15) is 18.0 Å². The van der Waals surface area contributed by atoms with Gasteiger partial charge in [-0.1, -0.05) is 6.92 Å². The molecule has 3 rings (SSSR count). The molecule has 0 spiro atoms. The Morgan fingerprint density at radius 3 is 2.35 bits per heavy atom. The maximum Gasteiger partial charge on any atom is 0.251 e. The van der Waals surface area contributed by atoms with E-state index in [0.29, 0.717) is 23.6 Å². The molecule has 1 aliphatic carbocycles. The second-order valence-electron chi connectivity index (χ2n) is 6.46. The van der Waals surface area contributed by atoms with Gasteiger partial charge in [-0.2, -0.15) is 0 Å². The first-order valence-electron chi connectivity index (χ1n) is 7.76. The van der Waals surface area contributed by atoms with E-state index in [0.717, 1.165) is 6.42 Å². The number of carbonyl (C=O) groups excluding carboxylic acids is 2. The molecule has 0 aromatic heterocycles. The fraction of sp³-hybridized carbons (Fsp3) is 0.500. The van der Waals surface area contributed by atoms with Crippen LogP contribution in [0, 0.1) is 11.8 Å². The van der Waals surface area contributed by atoms with Gasteiger partial charge in [-0.3, -0.25) is 9.59 Å². The number of rotatable bonds is 4. The molecular weight excluding hydrogens is 316 g/mol. The van der Waals surface area contributed by atoms with Gasteiger partial charge in [0.25, 0.3) is 5.91 Å². The molecular formula is C16H20N2O4S. The minimum Gasteiger partial charge on any atom is -0.348 e. The summed E-state index contributed by atoms with van der Waals surface area (Å²) in [5, 5.41) is 5.57. The molecule has 3 atom stereocenters. The van der Waals surface area contributed by atoms with Crippen molar-refractivity contribution in [2.24, 2.45) is 11.8 Å². The van der Waals surface area contributed by atoms with Crippen molar-refractivity contribution in [3.05, 3.63) is 29.8 Å². The highest BCUT2D eigenvalue weighted by Gasteiger charge is 2.39. The topological polar surface area (TPSA) is 92.3 Å². The molecule has 1 heterocycles. The summed E-state index contributed by atoms with van der Waals surface area (Å²) in [6.07, 6.45) is 1.39. The van der Waals surface area contributed by atoms with E-state index >= 15 is 0 Å². The predicted octanol–water partition coefficient (Wildman–Crippen LogP) is 1.20. The average molecular weight is 336 g/mol. The van der Waals surface area contributed by atoms with Gasteiger partial charge in [0.05, 0.1) is 11.5 Å². The van der Waals surface area contributed by atoms with E-state index < -0.39 is 9.84 Å². The monoisotopic (exact) mass is 336 g/mol. The number of benzene rings is 1. The summed E-state index contributed by atoms with van der Waals surface area (Å²) in [5.74, 6) is 0.409. The molecule has 2 amide bonds. The van der Waals surface area contributed by atoms with E-state index in [1.807, 2.05) is 6.92 Å². The number of sulfone groups is 1. The van der Waals surface area contributed by atoms with E-state index in [2.05, 4.69) is 10.6 Å². The van der Waals surface area contributed by atoms with Gasteiger partial charge in [-0.15, -0.1) is 0 Å². The highest BCUT2D eigenvalue weighted by atomic mass is 32.2. The minimum absolute atomic E-state index is 0.00640.